The molecule has 0 radical (unpaired) electrons. The topological polar surface area (TPSA) is 81.1 Å². The van der Waals surface area contributed by atoms with E-state index in [1.54, 1.807) is 18.2 Å². The first-order chi connectivity index (χ1) is 8.61. The SMILES string of the molecule is NC(=O)c1ccc(N)c(NCC2(C3CC3)CC2)c1. The van der Waals surface area contributed by atoms with Gasteiger partial charge in [-0.3, -0.25) is 4.79 Å². The van der Waals surface area contributed by atoms with Crippen LogP contribution in [-0.2, 0) is 0 Å². The third kappa shape index (κ3) is 2.03. The molecule has 2 aliphatic carbocycles. The average Bonchev–Trinajstić information content (AvgIpc) is 3.20. The lowest BCUT2D eigenvalue weighted by molar-refractivity contribution is 0.100. The van der Waals surface area contributed by atoms with E-state index >= 15 is 0 Å². The number of nitrogen functional groups attached to an aromatic ring is 1. The molecule has 1 aromatic rings. The normalized spacial score (nSPS) is 20.4. The number of nitrogens with two attached hydrogens (primary N) is 2. The van der Waals surface area contributed by atoms with Gasteiger partial charge in [-0.15, -0.1) is 0 Å². The molecule has 1 amide bonds. The van der Waals surface area contributed by atoms with Gasteiger partial charge in [0.2, 0.25) is 5.91 Å². The number of carbonyl (C=O) groups is 1. The Bertz CT molecular complexity index is 490. The number of hydrogen-bond acceptors (Lipinski definition) is 3. The van der Waals surface area contributed by atoms with Gasteiger partial charge in [0, 0.05) is 12.1 Å². The fourth-order valence-electron chi connectivity index (χ4n) is 2.72. The predicted octanol–water partition coefficient (Wildman–Crippen LogP) is 1.97. The van der Waals surface area contributed by atoms with Crippen molar-refractivity contribution in [1.82, 2.24) is 0 Å². The summed E-state index contributed by atoms with van der Waals surface area (Å²) in [5, 5.41) is 3.40. The van der Waals surface area contributed by atoms with Crippen LogP contribution < -0.4 is 16.8 Å². The van der Waals surface area contributed by atoms with Gasteiger partial charge in [0.15, 0.2) is 0 Å². The lowest BCUT2D eigenvalue weighted by Gasteiger charge is -2.17. The van der Waals surface area contributed by atoms with Gasteiger partial charge < -0.3 is 16.8 Å². The van der Waals surface area contributed by atoms with Gasteiger partial charge in [-0.2, -0.15) is 0 Å². The molecule has 2 saturated carbocycles. The van der Waals surface area contributed by atoms with Crippen LogP contribution in [0.15, 0.2) is 18.2 Å². The number of primary amides is 1. The highest BCUT2D eigenvalue weighted by Gasteiger charge is 2.53. The highest BCUT2D eigenvalue weighted by molar-refractivity contribution is 5.94. The number of hydrogen-bond donors (Lipinski definition) is 3. The first kappa shape index (κ1) is 11.4. The van der Waals surface area contributed by atoms with Crippen molar-refractivity contribution < 1.29 is 4.79 Å². The molecule has 96 valence electrons. The molecule has 0 bridgehead atoms. The van der Waals surface area contributed by atoms with E-state index in [9.17, 15) is 4.79 Å². The summed E-state index contributed by atoms with van der Waals surface area (Å²) < 4.78 is 0. The summed E-state index contributed by atoms with van der Waals surface area (Å²) in [6.07, 6.45) is 5.39. The molecule has 18 heavy (non-hydrogen) atoms. The highest BCUT2D eigenvalue weighted by Crippen LogP contribution is 2.61. The lowest BCUT2D eigenvalue weighted by Crippen LogP contribution is -2.19. The summed E-state index contributed by atoms with van der Waals surface area (Å²) in [5.74, 6) is 0.493. The lowest BCUT2D eigenvalue weighted by atomic mass is 10.0. The quantitative estimate of drug-likeness (QED) is 0.694. The molecule has 0 unspecified atom stereocenters. The fraction of sp³-hybridized carbons (Fsp3) is 0.500. The van der Waals surface area contributed by atoms with Crippen molar-refractivity contribution in [3.05, 3.63) is 23.8 Å². The second kappa shape index (κ2) is 3.90. The van der Waals surface area contributed by atoms with Gasteiger partial charge in [0.25, 0.3) is 0 Å². The molecule has 0 heterocycles. The maximum absolute atomic E-state index is 11.1. The zero-order chi connectivity index (χ0) is 12.8. The minimum Gasteiger partial charge on any atom is -0.397 e. The molecule has 2 fully saturated rings. The first-order valence-electron chi connectivity index (χ1n) is 6.54. The van der Waals surface area contributed by atoms with Gasteiger partial charge in [-0.05, 0) is 55.2 Å². The van der Waals surface area contributed by atoms with Crippen molar-refractivity contribution in [3.8, 4) is 0 Å². The first-order valence-corrected chi connectivity index (χ1v) is 6.54. The van der Waals surface area contributed by atoms with E-state index in [4.69, 9.17) is 11.5 Å². The van der Waals surface area contributed by atoms with E-state index in [0.29, 0.717) is 16.7 Å². The molecule has 5 N–H and O–H groups in total. The van der Waals surface area contributed by atoms with Gasteiger partial charge >= 0.3 is 0 Å². The molecular weight excluding hydrogens is 226 g/mol. The van der Waals surface area contributed by atoms with E-state index in [1.165, 1.54) is 25.7 Å². The van der Waals surface area contributed by atoms with Crippen LogP contribution in [0.5, 0.6) is 0 Å². The zero-order valence-corrected chi connectivity index (χ0v) is 10.4. The Kier molecular flexibility index (Phi) is 2.47. The maximum atomic E-state index is 11.1. The predicted molar refractivity (Wildman–Crippen MR) is 72.3 cm³/mol. The summed E-state index contributed by atoms with van der Waals surface area (Å²) in [6, 6.07) is 5.15. The van der Waals surface area contributed by atoms with Gasteiger partial charge in [-0.1, -0.05) is 0 Å². The minimum absolute atomic E-state index is 0.415. The van der Waals surface area contributed by atoms with Crippen LogP contribution in [0.2, 0.25) is 0 Å². The zero-order valence-electron chi connectivity index (χ0n) is 10.4. The van der Waals surface area contributed by atoms with Gasteiger partial charge in [0.1, 0.15) is 0 Å². The van der Waals surface area contributed by atoms with Crippen molar-refractivity contribution in [2.45, 2.75) is 25.7 Å². The van der Waals surface area contributed by atoms with Crippen LogP contribution in [0, 0.1) is 11.3 Å². The Morgan fingerprint density at radius 2 is 2.11 bits per heavy atom. The summed E-state index contributed by atoms with van der Waals surface area (Å²) in [7, 11) is 0. The molecule has 3 rings (SSSR count). The summed E-state index contributed by atoms with van der Waals surface area (Å²) in [6.45, 7) is 0.962. The Labute approximate surface area is 107 Å². The average molecular weight is 245 g/mol. The maximum Gasteiger partial charge on any atom is 0.248 e. The van der Waals surface area contributed by atoms with Crippen LogP contribution in [0.1, 0.15) is 36.0 Å². The van der Waals surface area contributed by atoms with Crippen LogP contribution in [0.4, 0.5) is 11.4 Å². The number of benzene rings is 1. The van der Waals surface area contributed by atoms with Crippen LogP contribution in [-0.4, -0.2) is 12.5 Å². The van der Waals surface area contributed by atoms with E-state index in [2.05, 4.69) is 5.32 Å². The van der Waals surface area contributed by atoms with Crippen LogP contribution in [0.3, 0.4) is 0 Å². The minimum atomic E-state index is -0.415. The molecule has 0 atom stereocenters. The van der Waals surface area contributed by atoms with Crippen molar-refractivity contribution in [3.63, 3.8) is 0 Å². The second-order valence-electron chi connectivity index (χ2n) is 5.66. The summed E-state index contributed by atoms with van der Waals surface area (Å²) in [5.41, 5.74) is 13.7. The number of nitrogens with one attached hydrogen (secondary N) is 1. The molecule has 4 heteroatoms. The summed E-state index contributed by atoms with van der Waals surface area (Å²) in [4.78, 5) is 11.1. The monoisotopic (exact) mass is 245 g/mol. The van der Waals surface area contributed by atoms with Crippen molar-refractivity contribution in [1.29, 1.82) is 0 Å². The molecule has 0 aromatic heterocycles. The number of rotatable bonds is 5. The number of carbonyl (C=O) groups excluding carboxylic acids is 1. The molecule has 1 aromatic carbocycles. The second-order valence-corrected chi connectivity index (χ2v) is 5.66. The third-order valence-electron chi connectivity index (χ3n) is 4.30. The molecule has 2 aliphatic rings. The van der Waals surface area contributed by atoms with E-state index in [1.807, 2.05) is 0 Å². The Morgan fingerprint density at radius 1 is 1.39 bits per heavy atom. The molecule has 0 saturated heterocycles. The smallest absolute Gasteiger partial charge is 0.248 e. The van der Waals surface area contributed by atoms with Crippen molar-refractivity contribution in [2.24, 2.45) is 17.1 Å². The molecule has 4 nitrogen and oxygen atoms in total. The third-order valence-corrected chi connectivity index (χ3v) is 4.30. The van der Waals surface area contributed by atoms with Crippen LogP contribution >= 0.6 is 0 Å². The standard InChI is InChI=1S/C14H19N3O/c15-11-4-1-9(13(16)18)7-12(11)17-8-14(5-6-14)10-2-3-10/h1,4,7,10,17H,2-3,5-6,8,15H2,(H2,16,18). The van der Waals surface area contributed by atoms with Crippen molar-refractivity contribution >= 4 is 17.3 Å². The Balaban J connectivity index is 1.71. The number of anilines is 2. The van der Waals surface area contributed by atoms with Crippen LogP contribution in [0.25, 0.3) is 0 Å². The molecular formula is C14H19N3O. The largest absolute Gasteiger partial charge is 0.397 e. The Morgan fingerprint density at radius 3 is 2.67 bits per heavy atom. The Hall–Kier alpha value is -1.71. The molecule has 0 spiro atoms. The number of amides is 1. The summed E-state index contributed by atoms with van der Waals surface area (Å²) >= 11 is 0. The van der Waals surface area contributed by atoms with E-state index < -0.39 is 5.91 Å². The highest BCUT2D eigenvalue weighted by atomic mass is 16.1. The van der Waals surface area contributed by atoms with Gasteiger partial charge in [-0.25, -0.2) is 0 Å². The van der Waals surface area contributed by atoms with E-state index in [-0.39, 0.29) is 0 Å². The molecule has 0 aliphatic heterocycles. The fourth-order valence-corrected chi connectivity index (χ4v) is 2.72. The van der Waals surface area contributed by atoms with Gasteiger partial charge in [0.05, 0.1) is 11.4 Å². The van der Waals surface area contributed by atoms with E-state index in [0.717, 1.165) is 18.2 Å². The van der Waals surface area contributed by atoms with Crippen molar-refractivity contribution in [2.75, 3.05) is 17.6 Å².